The maximum Gasteiger partial charge on any atom is 0.138 e. The molecule has 1 aromatic rings. The lowest BCUT2D eigenvalue weighted by Gasteiger charge is -2.22. The summed E-state index contributed by atoms with van der Waals surface area (Å²) >= 11 is 11.8. The monoisotopic (exact) mass is 321 g/mol. The smallest absolute Gasteiger partial charge is 0.138 e. The topological polar surface area (TPSA) is 61.7 Å². The highest BCUT2D eigenvalue weighted by molar-refractivity contribution is 6.35. The van der Waals surface area contributed by atoms with E-state index in [1.165, 1.54) is 0 Å². The Morgan fingerprint density at radius 3 is 2.55 bits per heavy atom. The van der Waals surface area contributed by atoms with Crippen molar-refractivity contribution in [2.45, 2.75) is 26.0 Å². The van der Waals surface area contributed by atoms with Crippen molar-refractivity contribution in [1.29, 1.82) is 0 Å². The highest BCUT2D eigenvalue weighted by Gasteiger charge is 2.14. The Bertz CT molecular complexity index is 415. The number of aliphatic hydroxyl groups excluding tert-OH is 2. The number of aliphatic hydroxyl groups is 2. The van der Waals surface area contributed by atoms with Crippen LogP contribution in [0.3, 0.4) is 0 Å². The van der Waals surface area contributed by atoms with Gasteiger partial charge in [-0.1, -0.05) is 37.0 Å². The summed E-state index contributed by atoms with van der Waals surface area (Å²) in [6.45, 7) is 4.50. The third kappa shape index (κ3) is 5.85. The zero-order chi connectivity index (χ0) is 15.1. The molecule has 2 unspecified atom stereocenters. The fourth-order valence-corrected chi connectivity index (χ4v) is 2.10. The lowest BCUT2D eigenvalue weighted by Crippen LogP contribution is -2.42. The number of halogens is 2. The first-order chi connectivity index (χ1) is 9.43. The van der Waals surface area contributed by atoms with Crippen LogP contribution in [0.4, 0.5) is 0 Å². The summed E-state index contributed by atoms with van der Waals surface area (Å²) in [6, 6.07) is 4.89. The second kappa shape index (κ2) is 8.70. The highest BCUT2D eigenvalue weighted by Crippen LogP contribution is 2.27. The second-order valence-corrected chi connectivity index (χ2v) is 5.82. The Kier molecular flexibility index (Phi) is 7.62. The second-order valence-electron chi connectivity index (χ2n) is 4.98. The Hall–Kier alpha value is -0.520. The summed E-state index contributed by atoms with van der Waals surface area (Å²) in [5.41, 5.74) is 0. The summed E-state index contributed by atoms with van der Waals surface area (Å²) in [7, 11) is 0. The van der Waals surface area contributed by atoms with E-state index in [0.717, 1.165) is 0 Å². The lowest BCUT2D eigenvalue weighted by molar-refractivity contribution is 0.0962. The molecule has 4 nitrogen and oxygen atoms in total. The predicted octanol–water partition coefficient (Wildman–Crippen LogP) is 2.34. The third-order valence-corrected chi connectivity index (χ3v) is 3.47. The predicted molar refractivity (Wildman–Crippen MR) is 81.7 cm³/mol. The molecule has 1 aromatic carbocycles. The minimum absolute atomic E-state index is 0.0360. The van der Waals surface area contributed by atoms with Gasteiger partial charge in [0.15, 0.2) is 0 Å². The van der Waals surface area contributed by atoms with Gasteiger partial charge in [-0.15, -0.1) is 0 Å². The van der Waals surface area contributed by atoms with E-state index in [4.69, 9.17) is 27.9 Å². The average Bonchev–Trinajstić information content (AvgIpc) is 2.38. The van der Waals surface area contributed by atoms with Gasteiger partial charge in [0.25, 0.3) is 0 Å². The fraction of sp³-hybridized carbons (Fsp3) is 0.571. The summed E-state index contributed by atoms with van der Waals surface area (Å²) in [5, 5.41) is 23.1. The number of nitrogens with one attached hydrogen (secondary N) is 1. The molecular formula is C14H21Cl2NO3. The van der Waals surface area contributed by atoms with E-state index in [9.17, 15) is 10.2 Å². The molecule has 0 heterocycles. The van der Waals surface area contributed by atoms with Crippen LogP contribution in [-0.2, 0) is 0 Å². The van der Waals surface area contributed by atoms with Gasteiger partial charge in [-0.05, 0) is 24.1 Å². The van der Waals surface area contributed by atoms with Gasteiger partial charge in [0.1, 0.15) is 18.5 Å². The molecule has 3 N–H and O–H groups in total. The number of hydrogen-bond donors (Lipinski definition) is 3. The van der Waals surface area contributed by atoms with Gasteiger partial charge < -0.3 is 20.3 Å². The molecule has 0 spiro atoms. The van der Waals surface area contributed by atoms with Gasteiger partial charge in [0.2, 0.25) is 0 Å². The first-order valence-electron chi connectivity index (χ1n) is 6.54. The SMILES string of the molecule is CC(C)C(CO)NCC(O)COc1ccc(Cl)cc1Cl. The lowest BCUT2D eigenvalue weighted by atomic mass is 10.1. The van der Waals surface area contributed by atoms with Crippen molar-refractivity contribution in [3.8, 4) is 5.75 Å². The van der Waals surface area contributed by atoms with Crippen molar-refractivity contribution in [2.75, 3.05) is 19.8 Å². The van der Waals surface area contributed by atoms with Gasteiger partial charge in [-0.2, -0.15) is 0 Å². The normalized spacial score (nSPS) is 14.3. The molecule has 0 aliphatic rings. The Labute approximate surface area is 129 Å². The molecule has 0 aromatic heterocycles. The molecule has 114 valence electrons. The summed E-state index contributed by atoms with van der Waals surface area (Å²) in [4.78, 5) is 0. The molecule has 0 amide bonds. The van der Waals surface area contributed by atoms with E-state index in [0.29, 0.717) is 28.3 Å². The summed E-state index contributed by atoms with van der Waals surface area (Å²) in [6.07, 6.45) is -0.686. The zero-order valence-corrected chi connectivity index (χ0v) is 13.2. The van der Waals surface area contributed by atoms with Gasteiger partial charge in [-0.25, -0.2) is 0 Å². The van der Waals surface area contributed by atoms with Crippen LogP contribution < -0.4 is 10.1 Å². The molecule has 6 heteroatoms. The molecule has 0 saturated heterocycles. The molecule has 20 heavy (non-hydrogen) atoms. The van der Waals surface area contributed by atoms with Crippen molar-refractivity contribution in [1.82, 2.24) is 5.32 Å². The van der Waals surface area contributed by atoms with Crippen LogP contribution in [0.15, 0.2) is 18.2 Å². The minimum atomic E-state index is -0.686. The average molecular weight is 322 g/mol. The summed E-state index contributed by atoms with van der Waals surface area (Å²) in [5.74, 6) is 0.775. The molecule has 0 aliphatic carbocycles. The summed E-state index contributed by atoms with van der Waals surface area (Å²) < 4.78 is 5.44. The van der Waals surface area contributed by atoms with Crippen LogP contribution in [0.25, 0.3) is 0 Å². The van der Waals surface area contributed by atoms with E-state index in [-0.39, 0.29) is 19.3 Å². The van der Waals surface area contributed by atoms with E-state index in [1.807, 2.05) is 13.8 Å². The molecule has 0 aliphatic heterocycles. The van der Waals surface area contributed by atoms with Crippen molar-refractivity contribution in [3.05, 3.63) is 28.2 Å². The first kappa shape index (κ1) is 17.5. The Balaban J connectivity index is 2.37. The minimum Gasteiger partial charge on any atom is -0.489 e. The molecular weight excluding hydrogens is 301 g/mol. The standard InChI is InChI=1S/C14H21Cl2NO3/c1-9(2)13(7-18)17-6-11(19)8-20-14-4-3-10(15)5-12(14)16/h3-5,9,11,13,17-19H,6-8H2,1-2H3. The maximum absolute atomic E-state index is 9.84. The van der Waals surface area contributed by atoms with Crippen molar-refractivity contribution >= 4 is 23.2 Å². The van der Waals surface area contributed by atoms with Gasteiger partial charge in [0.05, 0.1) is 11.6 Å². The molecule has 0 saturated carbocycles. The zero-order valence-electron chi connectivity index (χ0n) is 11.6. The van der Waals surface area contributed by atoms with Crippen LogP contribution in [0.1, 0.15) is 13.8 Å². The number of benzene rings is 1. The van der Waals surface area contributed by atoms with Crippen LogP contribution in [0.2, 0.25) is 10.0 Å². The van der Waals surface area contributed by atoms with Crippen molar-refractivity contribution in [2.24, 2.45) is 5.92 Å². The van der Waals surface area contributed by atoms with Crippen LogP contribution >= 0.6 is 23.2 Å². The quantitative estimate of drug-likeness (QED) is 0.687. The van der Waals surface area contributed by atoms with Gasteiger partial charge >= 0.3 is 0 Å². The molecule has 0 bridgehead atoms. The highest BCUT2D eigenvalue weighted by atomic mass is 35.5. The molecule has 1 rings (SSSR count). The Morgan fingerprint density at radius 2 is 2.00 bits per heavy atom. The molecule has 2 atom stereocenters. The van der Waals surface area contributed by atoms with Crippen molar-refractivity contribution < 1.29 is 14.9 Å². The van der Waals surface area contributed by atoms with Gasteiger partial charge in [-0.3, -0.25) is 0 Å². The van der Waals surface area contributed by atoms with E-state index < -0.39 is 6.10 Å². The largest absolute Gasteiger partial charge is 0.489 e. The first-order valence-corrected chi connectivity index (χ1v) is 7.29. The van der Waals surface area contributed by atoms with Gasteiger partial charge in [0, 0.05) is 17.6 Å². The number of rotatable bonds is 8. The number of ether oxygens (including phenoxy) is 1. The van der Waals surface area contributed by atoms with Crippen molar-refractivity contribution in [3.63, 3.8) is 0 Å². The van der Waals surface area contributed by atoms with Crippen LogP contribution in [-0.4, -0.2) is 42.1 Å². The van der Waals surface area contributed by atoms with Crippen LogP contribution in [0.5, 0.6) is 5.75 Å². The fourth-order valence-electron chi connectivity index (χ4n) is 1.64. The third-order valence-electron chi connectivity index (χ3n) is 2.94. The molecule has 0 fully saturated rings. The number of hydrogen-bond acceptors (Lipinski definition) is 4. The van der Waals surface area contributed by atoms with E-state index in [1.54, 1.807) is 18.2 Å². The van der Waals surface area contributed by atoms with Crippen LogP contribution in [0, 0.1) is 5.92 Å². The van der Waals surface area contributed by atoms with E-state index in [2.05, 4.69) is 5.32 Å². The Morgan fingerprint density at radius 1 is 1.30 bits per heavy atom. The molecule has 0 radical (unpaired) electrons. The van der Waals surface area contributed by atoms with E-state index >= 15 is 0 Å². The maximum atomic E-state index is 9.84.